The van der Waals surface area contributed by atoms with Gasteiger partial charge in [0.1, 0.15) is 17.6 Å². The van der Waals surface area contributed by atoms with E-state index in [0.717, 1.165) is 18.6 Å². The van der Waals surface area contributed by atoms with Gasteiger partial charge in [-0.05, 0) is 31.2 Å². The fourth-order valence-corrected chi connectivity index (χ4v) is 2.85. The van der Waals surface area contributed by atoms with Crippen LogP contribution >= 0.6 is 0 Å². The van der Waals surface area contributed by atoms with Crippen molar-refractivity contribution in [2.75, 3.05) is 20.2 Å². The summed E-state index contributed by atoms with van der Waals surface area (Å²) < 4.78 is 11.2. The summed E-state index contributed by atoms with van der Waals surface area (Å²) in [5, 5.41) is 0. The average molecular weight is 326 g/mol. The summed E-state index contributed by atoms with van der Waals surface area (Å²) in [6.45, 7) is 3.38. The van der Waals surface area contributed by atoms with Crippen LogP contribution in [0.15, 0.2) is 42.6 Å². The van der Waals surface area contributed by atoms with Crippen LogP contribution in [0.2, 0.25) is 0 Å². The molecule has 0 N–H and O–H groups in total. The highest BCUT2D eigenvalue weighted by atomic mass is 16.5. The molecule has 1 saturated heterocycles. The van der Waals surface area contributed by atoms with Gasteiger partial charge < -0.3 is 14.4 Å². The van der Waals surface area contributed by atoms with E-state index >= 15 is 0 Å². The first kappa shape index (κ1) is 16.3. The molecule has 3 rings (SSSR count). The van der Waals surface area contributed by atoms with E-state index in [0.29, 0.717) is 24.5 Å². The smallest absolute Gasteiger partial charge is 0.276 e. The Morgan fingerprint density at radius 2 is 1.88 bits per heavy atom. The Bertz CT molecular complexity index is 692. The summed E-state index contributed by atoms with van der Waals surface area (Å²) in [5.74, 6) is 1.32. The van der Waals surface area contributed by atoms with Crippen LogP contribution in [0.5, 0.6) is 11.5 Å². The molecule has 0 radical (unpaired) electrons. The van der Waals surface area contributed by atoms with Crippen molar-refractivity contribution in [3.05, 3.63) is 53.9 Å². The molecule has 1 fully saturated rings. The molecular formula is C19H22N2O3. The zero-order valence-corrected chi connectivity index (χ0v) is 14.1. The van der Waals surface area contributed by atoms with E-state index in [9.17, 15) is 4.79 Å². The summed E-state index contributed by atoms with van der Waals surface area (Å²) >= 11 is 0. The van der Waals surface area contributed by atoms with Gasteiger partial charge in [0.15, 0.2) is 5.69 Å². The molecule has 2 heterocycles. The summed E-state index contributed by atoms with van der Waals surface area (Å²) in [6, 6.07) is 11.6. The van der Waals surface area contributed by atoms with Crippen molar-refractivity contribution in [3.63, 3.8) is 0 Å². The van der Waals surface area contributed by atoms with Gasteiger partial charge in [-0.3, -0.25) is 4.79 Å². The maximum atomic E-state index is 12.6. The van der Waals surface area contributed by atoms with Gasteiger partial charge in [-0.15, -0.1) is 0 Å². The number of rotatable bonds is 4. The van der Waals surface area contributed by atoms with Crippen LogP contribution in [0, 0.1) is 6.92 Å². The molecule has 0 spiro atoms. The molecule has 5 nitrogen and oxygen atoms in total. The topological polar surface area (TPSA) is 51.7 Å². The van der Waals surface area contributed by atoms with Crippen LogP contribution in [0.4, 0.5) is 0 Å². The molecule has 1 amide bonds. The molecule has 1 aliphatic rings. The van der Waals surface area contributed by atoms with Crippen molar-refractivity contribution in [2.45, 2.75) is 25.9 Å². The van der Waals surface area contributed by atoms with E-state index in [2.05, 4.69) is 11.9 Å². The van der Waals surface area contributed by atoms with E-state index < -0.39 is 0 Å². The molecule has 0 saturated carbocycles. The van der Waals surface area contributed by atoms with Crippen LogP contribution in [0.25, 0.3) is 0 Å². The number of pyridine rings is 1. The third-order valence-corrected chi connectivity index (χ3v) is 4.25. The standard InChI is InChI=1S/C19H22N2O3/c1-14-5-7-15(8-6-14)24-16-9-12-21(13-10-16)19(22)18-17(23-2)4-3-11-20-18/h3-8,11,16H,9-10,12-13H2,1-2H3. The van der Waals surface area contributed by atoms with Crippen molar-refractivity contribution in [2.24, 2.45) is 0 Å². The highest BCUT2D eigenvalue weighted by molar-refractivity contribution is 5.95. The molecule has 1 aliphatic heterocycles. The minimum absolute atomic E-state index is 0.0822. The Labute approximate surface area is 142 Å². The Hall–Kier alpha value is -2.56. The van der Waals surface area contributed by atoms with Crippen molar-refractivity contribution in [1.82, 2.24) is 9.88 Å². The largest absolute Gasteiger partial charge is 0.494 e. The number of aryl methyl sites for hydroxylation is 1. The Balaban J connectivity index is 1.58. The van der Waals surface area contributed by atoms with Gasteiger partial charge in [0.2, 0.25) is 0 Å². The lowest BCUT2D eigenvalue weighted by Crippen LogP contribution is -2.42. The van der Waals surface area contributed by atoms with Crippen molar-refractivity contribution in [1.29, 1.82) is 0 Å². The fraction of sp³-hybridized carbons (Fsp3) is 0.368. The zero-order chi connectivity index (χ0) is 16.9. The number of carbonyl (C=O) groups is 1. The maximum absolute atomic E-state index is 12.6. The van der Waals surface area contributed by atoms with E-state index in [4.69, 9.17) is 9.47 Å². The van der Waals surface area contributed by atoms with E-state index in [1.165, 1.54) is 5.56 Å². The second-order valence-corrected chi connectivity index (χ2v) is 5.98. The molecule has 24 heavy (non-hydrogen) atoms. The van der Waals surface area contributed by atoms with Gasteiger partial charge in [-0.2, -0.15) is 0 Å². The summed E-state index contributed by atoms with van der Waals surface area (Å²) in [4.78, 5) is 18.6. The first-order valence-electron chi connectivity index (χ1n) is 8.19. The summed E-state index contributed by atoms with van der Waals surface area (Å²) in [7, 11) is 1.55. The average Bonchev–Trinajstić information content (AvgIpc) is 2.63. The second kappa shape index (κ2) is 7.34. The van der Waals surface area contributed by atoms with Crippen LogP contribution in [0.1, 0.15) is 28.9 Å². The number of hydrogen-bond donors (Lipinski definition) is 0. The van der Waals surface area contributed by atoms with Gasteiger partial charge in [-0.25, -0.2) is 4.98 Å². The number of methoxy groups -OCH3 is 1. The normalized spacial score (nSPS) is 15.2. The van der Waals surface area contributed by atoms with Crippen LogP contribution < -0.4 is 9.47 Å². The van der Waals surface area contributed by atoms with Gasteiger partial charge in [0.25, 0.3) is 5.91 Å². The molecule has 2 aromatic rings. The van der Waals surface area contributed by atoms with Gasteiger partial charge in [0, 0.05) is 32.1 Å². The molecule has 0 aliphatic carbocycles. The summed E-state index contributed by atoms with van der Waals surface area (Å²) in [6.07, 6.45) is 3.38. The van der Waals surface area contributed by atoms with Crippen molar-refractivity contribution >= 4 is 5.91 Å². The lowest BCUT2D eigenvalue weighted by molar-refractivity contribution is 0.0587. The number of hydrogen-bond acceptors (Lipinski definition) is 4. The first-order chi connectivity index (χ1) is 11.7. The van der Waals surface area contributed by atoms with Crippen molar-refractivity contribution in [3.8, 4) is 11.5 Å². The number of nitrogens with zero attached hydrogens (tertiary/aromatic N) is 2. The third kappa shape index (κ3) is 3.67. The van der Waals surface area contributed by atoms with Crippen LogP contribution in [-0.4, -0.2) is 42.1 Å². The molecule has 5 heteroatoms. The highest BCUT2D eigenvalue weighted by Crippen LogP contribution is 2.22. The van der Waals surface area contributed by atoms with Gasteiger partial charge in [0.05, 0.1) is 7.11 Å². The predicted octanol–water partition coefficient (Wildman–Crippen LogP) is 3.08. The van der Waals surface area contributed by atoms with Crippen molar-refractivity contribution < 1.29 is 14.3 Å². The van der Waals surface area contributed by atoms with Gasteiger partial charge >= 0.3 is 0 Å². The number of aromatic nitrogens is 1. The molecule has 0 unspecified atom stereocenters. The Morgan fingerprint density at radius 1 is 1.17 bits per heavy atom. The summed E-state index contributed by atoms with van der Waals surface area (Å²) in [5.41, 5.74) is 1.59. The quantitative estimate of drug-likeness (QED) is 0.866. The number of piperidine rings is 1. The van der Waals surface area contributed by atoms with E-state index in [1.807, 2.05) is 29.2 Å². The Morgan fingerprint density at radius 3 is 2.54 bits per heavy atom. The minimum Gasteiger partial charge on any atom is -0.494 e. The monoisotopic (exact) mass is 326 g/mol. The lowest BCUT2D eigenvalue weighted by Gasteiger charge is -2.32. The molecule has 1 aromatic heterocycles. The Kier molecular flexibility index (Phi) is 4.99. The van der Waals surface area contributed by atoms with E-state index in [-0.39, 0.29) is 12.0 Å². The predicted molar refractivity (Wildman–Crippen MR) is 91.5 cm³/mol. The highest BCUT2D eigenvalue weighted by Gasteiger charge is 2.27. The fourth-order valence-electron chi connectivity index (χ4n) is 2.85. The van der Waals surface area contributed by atoms with Crippen LogP contribution in [-0.2, 0) is 0 Å². The number of carbonyl (C=O) groups excluding carboxylic acids is 1. The third-order valence-electron chi connectivity index (χ3n) is 4.25. The molecular weight excluding hydrogens is 304 g/mol. The maximum Gasteiger partial charge on any atom is 0.276 e. The molecule has 0 bridgehead atoms. The number of ether oxygens (including phenoxy) is 2. The number of amides is 1. The second-order valence-electron chi connectivity index (χ2n) is 5.98. The lowest BCUT2D eigenvalue weighted by atomic mass is 10.1. The SMILES string of the molecule is COc1cccnc1C(=O)N1CCC(Oc2ccc(C)cc2)CC1. The molecule has 126 valence electrons. The van der Waals surface area contributed by atoms with E-state index in [1.54, 1.807) is 25.4 Å². The van der Waals surface area contributed by atoms with Crippen LogP contribution in [0.3, 0.4) is 0 Å². The first-order valence-corrected chi connectivity index (χ1v) is 8.19. The minimum atomic E-state index is -0.0822. The number of likely N-dealkylation sites (tertiary alicyclic amines) is 1. The molecule has 1 aromatic carbocycles. The molecule has 0 atom stereocenters. The number of benzene rings is 1. The zero-order valence-electron chi connectivity index (χ0n) is 14.1. The van der Waals surface area contributed by atoms with Gasteiger partial charge in [-0.1, -0.05) is 17.7 Å².